The minimum atomic E-state index is 0.345. The number of nitrogens with two attached hydrogens (primary N) is 1. The molecule has 2 heteroatoms. The van der Waals surface area contributed by atoms with E-state index < -0.39 is 0 Å². The summed E-state index contributed by atoms with van der Waals surface area (Å²) in [6.07, 6.45) is 6.45. The fourth-order valence-electron chi connectivity index (χ4n) is 3.65. The minimum Gasteiger partial charge on any atom is -0.326 e. The van der Waals surface area contributed by atoms with E-state index in [2.05, 4.69) is 50.1 Å². The van der Waals surface area contributed by atoms with Crippen molar-refractivity contribution in [2.45, 2.75) is 64.6 Å². The standard InChI is InChI=1S/C18H30N2/c1-4-6-15-9-10-17(19)18(12-15)20(3)13-16-8-5-7-14(2)11-16/h5,7-8,11,15,17-18H,4,6,9-10,12-13,19H2,1-3H3. The summed E-state index contributed by atoms with van der Waals surface area (Å²) >= 11 is 0. The molecule has 0 aromatic heterocycles. The van der Waals surface area contributed by atoms with Crippen LogP contribution in [-0.2, 0) is 6.54 Å². The lowest BCUT2D eigenvalue weighted by Gasteiger charge is -2.39. The zero-order chi connectivity index (χ0) is 14.5. The molecule has 2 nitrogen and oxygen atoms in total. The molecule has 1 saturated carbocycles. The molecule has 0 heterocycles. The molecule has 3 atom stereocenters. The Labute approximate surface area is 124 Å². The molecular formula is C18H30N2. The third kappa shape index (κ3) is 4.07. The zero-order valence-corrected chi connectivity index (χ0v) is 13.3. The van der Waals surface area contributed by atoms with Crippen molar-refractivity contribution in [1.82, 2.24) is 4.90 Å². The highest BCUT2D eigenvalue weighted by atomic mass is 15.1. The fraction of sp³-hybridized carbons (Fsp3) is 0.667. The van der Waals surface area contributed by atoms with Gasteiger partial charge in [0.15, 0.2) is 0 Å². The van der Waals surface area contributed by atoms with Gasteiger partial charge in [-0.1, -0.05) is 49.6 Å². The molecule has 1 aromatic rings. The number of likely N-dealkylation sites (N-methyl/N-ethyl adjacent to an activating group) is 1. The summed E-state index contributed by atoms with van der Waals surface area (Å²) < 4.78 is 0. The maximum absolute atomic E-state index is 6.38. The van der Waals surface area contributed by atoms with Gasteiger partial charge in [-0.3, -0.25) is 4.90 Å². The molecule has 1 fully saturated rings. The summed E-state index contributed by atoms with van der Waals surface area (Å²) in [4.78, 5) is 2.47. The van der Waals surface area contributed by atoms with Gasteiger partial charge in [0.2, 0.25) is 0 Å². The molecule has 0 bridgehead atoms. The summed E-state index contributed by atoms with van der Waals surface area (Å²) in [5, 5.41) is 0. The molecule has 1 aromatic carbocycles. The fourth-order valence-corrected chi connectivity index (χ4v) is 3.65. The van der Waals surface area contributed by atoms with Crippen LogP contribution in [0.4, 0.5) is 0 Å². The molecule has 0 spiro atoms. The van der Waals surface area contributed by atoms with Crippen molar-refractivity contribution < 1.29 is 0 Å². The van der Waals surface area contributed by atoms with Crippen molar-refractivity contribution in [2.24, 2.45) is 11.7 Å². The summed E-state index contributed by atoms with van der Waals surface area (Å²) in [5.41, 5.74) is 9.12. The van der Waals surface area contributed by atoms with Crippen molar-refractivity contribution in [3.63, 3.8) is 0 Å². The SMILES string of the molecule is CCCC1CCC(N)C(N(C)Cc2cccc(C)c2)C1. The third-order valence-electron chi connectivity index (χ3n) is 4.75. The van der Waals surface area contributed by atoms with Gasteiger partial charge in [0, 0.05) is 18.6 Å². The van der Waals surface area contributed by atoms with Gasteiger partial charge in [0.05, 0.1) is 0 Å². The highest BCUT2D eigenvalue weighted by Crippen LogP contribution is 2.30. The third-order valence-corrected chi connectivity index (χ3v) is 4.75. The lowest BCUT2D eigenvalue weighted by molar-refractivity contribution is 0.127. The second-order valence-corrected chi connectivity index (χ2v) is 6.60. The van der Waals surface area contributed by atoms with Gasteiger partial charge in [-0.05, 0) is 44.7 Å². The molecule has 112 valence electrons. The van der Waals surface area contributed by atoms with Crippen LogP contribution in [0.15, 0.2) is 24.3 Å². The summed E-state index contributed by atoms with van der Waals surface area (Å²) in [6, 6.07) is 9.71. The van der Waals surface area contributed by atoms with Crippen LogP contribution in [0, 0.1) is 12.8 Å². The molecule has 20 heavy (non-hydrogen) atoms. The van der Waals surface area contributed by atoms with Gasteiger partial charge in [0.25, 0.3) is 0 Å². The van der Waals surface area contributed by atoms with E-state index in [-0.39, 0.29) is 0 Å². The van der Waals surface area contributed by atoms with E-state index in [4.69, 9.17) is 5.73 Å². The number of benzene rings is 1. The molecule has 0 aliphatic heterocycles. The van der Waals surface area contributed by atoms with Gasteiger partial charge < -0.3 is 5.73 Å². The first kappa shape index (κ1) is 15.5. The zero-order valence-electron chi connectivity index (χ0n) is 13.3. The lowest BCUT2D eigenvalue weighted by Crippen LogP contribution is -2.49. The highest BCUT2D eigenvalue weighted by Gasteiger charge is 2.30. The first-order valence-corrected chi connectivity index (χ1v) is 8.11. The quantitative estimate of drug-likeness (QED) is 0.886. The predicted octanol–water partition coefficient (Wildman–Crippen LogP) is 3.72. The molecule has 1 aliphatic carbocycles. The number of nitrogens with zero attached hydrogens (tertiary/aromatic N) is 1. The molecule has 0 radical (unpaired) electrons. The normalized spacial score (nSPS) is 26.9. The maximum atomic E-state index is 6.38. The Morgan fingerprint density at radius 2 is 2.10 bits per heavy atom. The van der Waals surface area contributed by atoms with E-state index in [9.17, 15) is 0 Å². The predicted molar refractivity (Wildman–Crippen MR) is 86.7 cm³/mol. The van der Waals surface area contributed by atoms with Crippen LogP contribution in [0.2, 0.25) is 0 Å². The number of aryl methyl sites for hydroxylation is 1. The minimum absolute atomic E-state index is 0.345. The second kappa shape index (κ2) is 7.24. The van der Waals surface area contributed by atoms with Gasteiger partial charge in [-0.25, -0.2) is 0 Å². The van der Waals surface area contributed by atoms with Crippen LogP contribution < -0.4 is 5.73 Å². The Balaban J connectivity index is 1.97. The van der Waals surface area contributed by atoms with Crippen molar-refractivity contribution in [3.8, 4) is 0 Å². The van der Waals surface area contributed by atoms with Crippen LogP contribution >= 0.6 is 0 Å². The number of hydrogen-bond acceptors (Lipinski definition) is 2. The molecule has 3 unspecified atom stereocenters. The monoisotopic (exact) mass is 274 g/mol. The van der Waals surface area contributed by atoms with Crippen molar-refractivity contribution in [3.05, 3.63) is 35.4 Å². The van der Waals surface area contributed by atoms with Crippen molar-refractivity contribution in [1.29, 1.82) is 0 Å². The van der Waals surface area contributed by atoms with E-state index in [0.717, 1.165) is 12.5 Å². The maximum Gasteiger partial charge on any atom is 0.0250 e. The van der Waals surface area contributed by atoms with Crippen molar-refractivity contribution >= 4 is 0 Å². The van der Waals surface area contributed by atoms with Crippen LogP contribution in [0.1, 0.15) is 50.2 Å². The van der Waals surface area contributed by atoms with Gasteiger partial charge in [-0.15, -0.1) is 0 Å². The Hall–Kier alpha value is -0.860. The summed E-state index contributed by atoms with van der Waals surface area (Å²) in [6.45, 7) is 5.46. The average molecular weight is 274 g/mol. The van der Waals surface area contributed by atoms with E-state index in [0.29, 0.717) is 12.1 Å². The first-order valence-electron chi connectivity index (χ1n) is 8.11. The van der Waals surface area contributed by atoms with Crippen LogP contribution in [-0.4, -0.2) is 24.0 Å². The van der Waals surface area contributed by atoms with Crippen LogP contribution in [0.25, 0.3) is 0 Å². The molecule has 2 rings (SSSR count). The molecule has 0 amide bonds. The molecular weight excluding hydrogens is 244 g/mol. The van der Waals surface area contributed by atoms with Gasteiger partial charge in [0.1, 0.15) is 0 Å². The van der Waals surface area contributed by atoms with Crippen LogP contribution in [0.3, 0.4) is 0 Å². The largest absolute Gasteiger partial charge is 0.326 e. The Bertz CT molecular complexity index is 416. The van der Waals surface area contributed by atoms with Gasteiger partial charge in [-0.2, -0.15) is 0 Å². The highest BCUT2D eigenvalue weighted by molar-refractivity contribution is 5.22. The topological polar surface area (TPSA) is 29.3 Å². The van der Waals surface area contributed by atoms with E-state index in [1.54, 1.807) is 0 Å². The van der Waals surface area contributed by atoms with Crippen LogP contribution in [0.5, 0.6) is 0 Å². The summed E-state index contributed by atoms with van der Waals surface area (Å²) in [7, 11) is 2.24. The Morgan fingerprint density at radius 3 is 2.80 bits per heavy atom. The number of hydrogen-bond donors (Lipinski definition) is 1. The van der Waals surface area contributed by atoms with E-state index in [1.165, 1.54) is 43.2 Å². The molecule has 2 N–H and O–H groups in total. The smallest absolute Gasteiger partial charge is 0.0250 e. The average Bonchev–Trinajstić information content (AvgIpc) is 2.41. The number of rotatable bonds is 5. The molecule has 1 aliphatic rings. The molecule has 0 saturated heterocycles. The van der Waals surface area contributed by atoms with E-state index in [1.807, 2.05) is 0 Å². The second-order valence-electron chi connectivity index (χ2n) is 6.60. The van der Waals surface area contributed by atoms with Gasteiger partial charge >= 0.3 is 0 Å². The summed E-state index contributed by atoms with van der Waals surface area (Å²) in [5.74, 6) is 0.879. The van der Waals surface area contributed by atoms with E-state index >= 15 is 0 Å². The Kier molecular flexibility index (Phi) is 5.62. The lowest BCUT2D eigenvalue weighted by atomic mass is 9.80. The first-order chi connectivity index (χ1) is 9.60. The van der Waals surface area contributed by atoms with Crippen molar-refractivity contribution in [2.75, 3.05) is 7.05 Å². The Morgan fingerprint density at radius 1 is 1.30 bits per heavy atom.